The Hall–Kier alpha value is -1.25. The number of aromatic nitrogens is 1. The van der Waals surface area contributed by atoms with Crippen LogP contribution in [-0.2, 0) is 0 Å². The standard InChI is InChI=1S/C9H12N2O/c12-9(8-5-2-6-10-8)11-7-3-1-4-7/h2,5-7,10H,1,3-4H2,(H,11,12). The molecule has 0 atom stereocenters. The van der Waals surface area contributed by atoms with E-state index in [1.165, 1.54) is 6.42 Å². The highest BCUT2D eigenvalue weighted by molar-refractivity contribution is 5.92. The number of hydrogen-bond donors (Lipinski definition) is 2. The molecule has 0 aliphatic heterocycles. The van der Waals surface area contributed by atoms with E-state index in [0.29, 0.717) is 11.7 Å². The van der Waals surface area contributed by atoms with E-state index in [9.17, 15) is 4.79 Å². The van der Waals surface area contributed by atoms with Gasteiger partial charge < -0.3 is 10.3 Å². The normalized spacial score (nSPS) is 17.0. The molecule has 0 radical (unpaired) electrons. The molecule has 12 heavy (non-hydrogen) atoms. The molecule has 1 amide bonds. The molecule has 1 saturated carbocycles. The van der Waals surface area contributed by atoms with Gasteiger partial charge in [0.25, 0.3) is 5.91 Å². The average molecular weight is 164 g/mol. The fraction of sp³-hybridized carbons (Fsp3) is 0.444. The number of amides is 1. The molecule has 3 heteroatoms. The predicted octanol–water partition coefficient (Wildman–Crippen LogP) is 1.30. The van der Waals surface area contributed by atoms with Crippen LogP contribution in [0.3, 0.4) is 0 Å². The lowest BCUT2D eigenvalue weighted by atomic mass is 9.93. The quantitative estimate of drug-likeness (QED) is 0.679. The van der Waals surface area contributed by atoms with Gasteiger partial charge in [0, 0.05) is 12.2 Å². The number of H-pyrrole nitrogens is 1. The average Bonchev–Trinajstić information content (AvgIpc) is 2.47. The smallest absolute Gasteiger partial charge is 0.267 e. The Morgan fingerprint density at radius 3 is 2.92 bits per heavy atom. The molecule has 1 aromatic heterocycles. The number of carbonyl (C=O) groups is 1. The van der Waals surface area contributed by atoms with Crippen LogP contribution in [0.15, 0.2) is 18.3 Å². The number of nitrogens with one attached hydrogen (secondary N) is 2. The molecule has 1 aliphatic rings. The number of aromatic amines is 1. The Morgan fingerprint density at radius 2 is 2.42 bits per heavy atom. The minimum absolute atomic E-state index is 0.0182. The van der Waals surface area contributed by atoms with Crippen molar-refractivity contribution in [3.8, 4) is 0 Å². The lowest BCUT2D eigenvalue weighted by Gasteiger charge is -2.25. The summed E-state index contributed by atoms with van der Waals surface area (Å²) in [6.45, 7) is 0. The van der Waals surface area contributed by atoms with Gasteiger partial charge in [-0.1, -0.05) is 0 Å². The molecule has 1 heterocycles. The first-order chi connectivity index (χ1) is 5.86. The number of rotatable bonds is 2. The minimum atomic E-state index is 0.0182. The summed E-state index contributed by atoms with van der Waals surface area (Å²) in [5.74, 6) is 0.0182. The molecule has 0 bridgehead atoms. The molecule has 2 N–H and O–H groups in total. The highest BCUT2D eigenvalue weighted by Crippen LogP contribution is 2.18. The van der Waals surface area contributed by atoms with E-state index < -0.39 is 0 Å². The van der Waals surface area contributed by atoms with Crippen LogP contribution in [0.5, 0.6) is 0 Å². The fourth-order valence-electron chi connectivity index (χ4n) is 1.29. The van der Waals surface area contributed by atoms with Crippen LogP contribution in [0, 0.1) is 0 Å². The van der Waals surface area contributed by atoms with Crippen molar-refractivity contribution < 1.29 is 4.79 Å². The van der Waals surface area contributed by atoms with Gasteiger partial charge in [0.2, 0.25) is 0 Å². The van der Waals surface area contributed by atoms with Crippen molar-refractivity contribution in [3.05, 3.63) is 24.0 Å². The minimum Gasteiger partial charge on any atom is -0.357 e. The highest BCUT2D eigenvalue weighted by Gasteiger charge is 2.19. The second kappa shape index (κ2) is 3.01. The first-order valence-electron chi connectivity index (χ1n) is 4.30. The number of hydrogen-bond acceptors (Lipinski definition) is 1. The van der Waals surface area contributed by atoms with Gasteiger partial charge in [-0.3, -0.25) is 4.79 Å². The Balaban J connectivity index is 1.92. The summed E-state index contributed by atoms with van der Waals surface area (Å²) < 4.78 is 0. The summed E-state index contributed by atoms with van der Waals surface area (Å²) in [4.78, 5) is 14.2. The summed E-state index contributed by atoms with van der Waals surface area (Å²) in [7, 11) is 0. The van der Waals surface area contributed by atoms with Gasteiger partial charge in [-0.05, 0) is 31.4 Å². The first kappa shape index (κ1) is 7.40. The zero-order valence-corrected chi connectivity index (χ0v) is 6.84. The van der Waals surface area contributed by atoms with Gasteiger partial charge in [0.05, 0.1) is 0 Å². The summed E-state index contributed by atoms with van der Waals surface area (Å²) >= 11 is 0. The van der Waals surface area contributed by atoms with E-state index in [4.69, 9.17) is 0 Å². The van der Waals surface area contributed by atoms with Crippen molar-refractivity contribution >= 4 is 5.91 Å². The molecular weight excluding hydrogens is 152 g/mol. The SMILES string of the molecule is O=C(NC1CCC1)c1ccc[nH]1. The van der Waals surface area contributed by atoms with Crippen LogP contribution >= 0.6 is 0 Å². The van der Waals surface area contributed by atoms with Crippen LogP contribution in [0.25, 0.3) is 0 Å². The van der Waals surface area contributed by atoms with Crippen molar-refractivity contribution in [2.45, 2.75) is 25.3 Å². The Morgan fingerprint density at radius 1 is 1.58 bits per heavy atom. The molecular formula is C9H12N2O. The predicted molar refractivity (Wildman–Crippen MR) is 45.9 cm³/mol. The molecule has 0 unspecified atom stereocenters. The molecule has 0 saturated heterocycles. The Kier molecular flexibility index (Phi) is 1.86. The van der Waals surface area contributed by atoms with E-state index in [1.54, 1.807) is 12.3 Å². The molecule has 1 fully saturated rings. The monoisotopic (exact) mass is 164 g/mol. The third-order valence-corrected chi connectivity index (χ3v) is 2.28. The zero-order chi connectivity index (χ0) is 8.39. The molecule has 0 spiro atoms. The maximum absolute atomic E-state index is 11.4. The third-order valence-electron chi connectivity index (χ3n) is 2.28. The van der Waals surface area contributed by atoms with Crippen LogP contribution in [0.1, 0.15) is 29.8 Å². The molecule has 0 aromatic carbocycles. The van der Waals surface area contributed by atoms with Gasteiger partial charge >= 0.3 is 0 Å². The van der Waals surface area contributed by atoms with Gasteiger partial charge in [0.1, 0.15) is 5.69 Å². The molecule has 1 aliphatic carbocycles. The number of carbonyl (C=O) groups excluding carboxylic acids is 1. The summed E-state index contributed by atoms with van der Waals surface area (Å²) in [5.41, 5.74) is 0.655. The topological polar surface area (TPSA) is 44.9 Å². The molecule has 1 aromatic rings. The lowest BCUT2D eigenvalue weighted by Crippen LogP contribution is -2.39. The van der Waals surface area contributed by atoms with Crippen LogP contribution in [0.4, 0.5) is 0 Å². The maximum Gasteiger partial charge on any atom is 0.267 e. The van der Waals surface area contributed by atoms with Crippen molar-refractivity contribution in [2.75, 3.05) is 0 Å². The Bertz CT molecular complexity index is 262. The van der Waals surface area contributed by atoms with Crippen LogP contribution in [-0.4, -0.2) is 16.9 Å². The molecule has 2 rings (SSSR count). The maximum atomic E-state index is 11.4. The second-order valence-corrected chi connectivity index (χ2v) is 3.19. The highest BCUT2D eigenvalue weighted by atomic mass is 16.1. The summed E-state index contributed by atoms with van der Waals surface area (Å²) in [5, 5.41) is 2.95. The Labute approximate surface area is 71.2 Å². The van der Waals surface area contributed by atoms with Crippen molar-refractivity contribution in [1.29, 1.82) is 0 Å². The molecule has 3 nitrogen and oxygen atoms in total. The zero-order valence-electron chi connectivity index (χ0n) is 6.84. The van der Waals surface area contributed by atoms with Gasteiger partial charge in [-0.15, -0.1) is 0 Å². The largest absolute Gasteiger partial charge is 0.357 e. The van der Waals surface area contributed by atoms with E-state index in [2.05, 4.69) is 10.3 Å². The van der Waals surface area contributed by atoms with Crippen LogP contribution < -0.4 is 5.32 Å². The lowest BCUT2D eigenvalue weighted by molar-refractivity contribution is 0.0912. The van der Waals surface area contributed by atoms with E-state index in [-0.39, 0.29) is 5.91 Å². The van der Waals surface area contributed by atoms with E-state index >= 15 is 0 Å². The molecule has 64 valence electrons. The van der Waals surface area contributed by atoms with Crippen molar-refractivity contribution in [2.24, 2.45) is 0 Å². The van der Waals surface area contributed by atoms with E-state index in [0.717, 1.165) is 12.8 Å². The van der Waals surface area contributed by atoms with Crippen molar-refractivity contribution in [3.63, 3.8) is 0 Å². The van der Waals surface area contributed by atoms with E-state index in [1.807, 2.05) is 6.07 Å². The third kappa shape index (κ3) is 1.35. The van der Waals surface area contributed by atoms with Gasteiger partial charge in [-0.25, -0.2) is 0 Å². The van der Waals surface area contributed by atoms with Gasteiger partial charge in [-0.2, -0.15) is 0 Å². The second-order valence-electron chi connectivity index (χ2n) is 3.19. The fourth-order valence-corrected chi connectivity index (χ4v) is 1.29. The summed E-state index contributed by atoms with van der Waals surface area (Å²) in [6.07, 6.45) is 5.27. The first-order valence-corrected chi connectivity index (χ1v) is 4.30. The van der Waals surface area contributed by atoms with Crippen molar-refractivity contribution in [1.82, 2.24) is 10.3 Å². The van der Waals surface area contributed by atoms with Gasteiger partial charge in [0.15, 0.2) is 0 Å². The summed E-state index contributed by atoms with van der Waals surface area (Å²) in [6, 6.07) is 4.03. The van der Waals surface area contributed by atoms with Crippen LogP contribution in [0.2, 0.25) is 0 Å².